The Morgan fingerprint density at radius 3 is 2.27 bits per heavy atom. The average molecular weight is 845 g/mol. The first-order valence-electron chi connectivity index (χ1n) is 19.5. The predicted octanol–water partition coefficient (Wildman–Crippen LogP) is 7.76. The fraction of sp³-hybridized carbons (Fsp3) is 0.341. The van der Waals surface area contributed by atoms with E-state index in [9.17, 15) is 32.7 Å². The van der Waals surface area contributed by atoms with Gasteiger partial charge in [0.05, 0.1) is 33.8 Å². The first kappa shape index (κ1) is 39.2. The monoisotopic (exact) mass is 843 g/mol. The van der Waals surface area contributed by atoms with Gasteiger partial charge in [-0.1, -0.05) is 89.4 Å². The molecule has 6 atom stereocenters. The van der Waals surface area contributed by atoms with Gasteiger partial charge in [0, 0.05) is 42.8 Å². The highest BCUT2D eigenvalue weighted by Gasteiger charge is 2.70. The summed E-state index contributed by atoms with van der Waals surface area (Å²) in [6.07, 6.45) is -0.785. The number of phenols is 1. The van der Waals surface area contributed by atoms with E-state index in [2.05, 4.69) is 27.4 Å². The minimum atomic E-state index is -4.74. The molecular weight excluding hydrogens is 806 g/mol. The van der Waals surface area contributed by atoms with Crippen molar-refractivity contribution in [3.05, 3.63) is 135 Å². The van der Waals surface area contributed by atoms with E-state index in [1.807, 2.05) is 24.3 Å². The molecule has 6 unspecified atom stereocenters. The van der Waals surface area contributed by atoms with E-state index in [0.29, 0.717) is 59.9 Å². The number of halogens is 5. The number of aromatic nitrogens is 1. The number of hydrogen-bond acceptors (Lipinski definition) is 8. The van der Waals surface area contributed by atoms with Crippen molar-refractivity contribution in [2.24, 2.45) is 23.7 Å². The van der Waals surface area contributed by atoms with Gasteiger partial charge in [0.25, 0.3) is 11.8 Å². The molecule has 4 aromatic rings. The Morgan fingerprint density at radius 2 is 1.59 bits per heavy atom. The predicted molar refractivity (Wildman–Crippen MR) is 212 cm³/mol. The molecule has 304 valence electrons. The zero-order valence-electron chi connectivity index (χ0n) is 31.4. The van der Waals surface area contributed by atoms with Crippen LogP contribution in [0.4, 0.5) is 19.0 Å². The maximum absolute atomic E-state index is 15.3. The number of phenolic OH excluding ortho intramolecular Hbond substituents is 1. The van der Waals surface area contributed by atoms with Gasteiger partial charge in [0.2, 0.25) is 11.8 Å². The van der Waals surface area contributed by atoms with Crippen molar-refractivity contribution in [1.29, 1.82) is 0 Å². The number of benzene rings is 3. The third-order valence-electron chi connectivity index (χ3n) is 13.0. The highest BCUT2D eigenvalue weighted by Crippen LogP contribution is 2.64. The van der Waals surface area contributed by atoms with Gasteiger partial charge in [-0.25, -0.2) is 4.98 Å². The first-order chi connectivity index (χ1) is 28.3. The number of imide groups is 2. The average Bonchev–Trinajstić information content (AvgIpc) is 3.59. The molecule has 2 aliphatic carbocycles. The highest BCUT2D eigenvalue weighted by molar-refractivity contribution is 6.33. The van der Waals surface area contributed by atoms with Crippen molar-refractivity contribution in [1.82, 2.24) is 19.8 Å². The summed E-state index contributed by atoms with van der Waals surface area (Å²) in [5.74, 6) is -6.61. The van der Waals surface area contributed by atoms with Crippen LogP contribution in [-0.2, 0) is 37.3 Å². The number of anilines is 1. The molecule has 0 radical (unpaired) electrons. The number of nitrogens with zero attached hydrogens (tertiary/aromatic N) is 4. The van der Waals surface area contributed by atoms with Crippen molar-refractivity contribution >= 4 is 52.6 Å². The van der Waals surface area contributed by atoms with Crippen molar-refractivity contribution in [2.75, 3.05) is 18.5 Å². The van der Waals surface area contributed by atoms with E-state index in [1.54, 1.807) is 36.4 Å². The van der Waals surface area contributed by atoms with Gasteiger partial charge in [-0.3, -0.25) is 34.4 Å². The molecule has 4 amide bonds. The van der Waals surface area contributed by atoms with Gasteiger partial charge in [0.15, 0.2) is 5.82 Å². The van der Waals surface area contributed by atoms with Gasteiger partial charge < -0.3 is 5.11 Å². The van der Waals surface area contributed by atoms with Gasteiger partial charge in [-0.15, -0.1) is 0 Å². The molecule has 4 fully saturated rings. The first-order valence-corrected chi connectivity index (χ1v) is 20.3. The number of rotatable bonds is 7. The number of nitrogens with one attached hydrogen (secondary N) is 1. The van der Waals surface area contributed by atoms with Crippen LogP contribution in [0.2, 0.25) is 10.0 Å². The number of amides is 4. The van der Waals surface area contributed by atoms with Gasteiger partial charge in [-0.2, -0.15) is 18.2 Å². The second-order valence-electron chi connectivity index (χ2n) is 16.1. The summed E-state index contributed by atoms with van der Waals surface area (Å²) < 4.78 is 40.6. The van der Waals surface area contributed by atoms with Crippen LogP contribution in [0.5, 0.6) is 5.75 Å². The Balaban J connectivity index is 1.10. The van der Waals surface area contributed by atoms with Crippen molar-refractivity contribution in [3.63, 3.8) is 0 Å². The Morgan fingerprint density at radius 1 is 0.864 bits per heavy atom. The fourth-order valence-corrected chi connectivity index (χ4v) is 10.8. The Hall–Kier alpha value is -5.24. The molecule has 0 spiro atoms. The number of carbonyl (C=O) groups is 4. The summed E-state index contributed by atoms with van der Waals surface area (Å²) in [4.78, 5) is 66.9. The lowest BCUT2D eigenvalue weighted by atomic mass is 9.49. The number of aromatic hydroxyl groups is 1. The van der Waals surface area contributed by atoms with Crippen LogP contribution < -0.4 is 5.43 Å². The van der Waals surface area contributed by atoms with Crippen LogP contribution in [0.3, 0.4) is 0 Å². The fourth-order valence-electron chi connectivity index (χ4n) is 10.4. The van der Waals surface area contributed by atoms with Crippen molar-refractivity contribution in [3.8, 4) is 5.75 Å². The SMILES string of the molecule is O=C1C2CC3C(=CCC4C(=O)N(C5CCN(Cc6ccccc6)CC5)C(=O)C43)C(c3cccc(O)c3)C2(c2ccc(Cl)cc2)C(=O)N1Nc1ncc(C(F)(F)F)cc1Cl. The van der Waals surface area contributed by atoms with Gasteiger partial charge >= 0.3 is 6.18 Å². The zero-order chi connectivity index (χ0) is 41.4. The Labute approximate surface area is 347 Å². The molecule has 0 bridgehead atoms. The normalized spacial score (nSPS) is 27.4. The molecule has 5 aliphatic rings. The molecular formula is C44H38Cl2F3N5O5. The lowest BCUT2D eigenvalue weighted by Gasteiger charge is -2.50. The van der Waals surface area contributed by atoms with E-state index in [4.69, 9.17) is 23.2 Å². The van der Waals surface area contributed by atoms with E-state index in [0.717, 1.165) is 11.6 Å². The van der Waals surface area contributed by atoms with Crippen molar-refractivity contribution in [2.45, 2.75) is 55.8 Å². The van der Waals surface area contributed by atoms with Gasteiger partial charge in [-0.05, 0) is 78.6 Å². The van der Waals surface area contributed by atoms with Crippen LogP contribution in [0, 0.1) is 23.7 Å². The molecule has 2 N–H and O–H groups in total. The van der Waals surface area contributed by atoms with Crippen LogP contribution in [-0.4, -0.2) is 67.7 Å². The summed E-state index contributed by atoms with van der Waals surface area (Å²) in [7, 11) is 0. The number of hydrazine groups is 1. The summed E-state index contributed by atoms with van der Waals surface area (Å²) in [5, 5.41) is 11.5. The van der Waals surface area contributed by atoms with E-state index in [-0.39, 0.29) is 42.3 Å². The number of likely N-dealkylation sites (tertiary alicyclic amines) is 2. The number of carbonyl (C=O) groups excluding carboxylic acids is 4. The smallest absolute Gasteiger partial charge is 0.417 e. The van der Waals surface area contributed by atoms with E-state index in [1.165, 1.54) is 22.6 Å². The summed E-state index contributed by atoms with van der Waals surface area (Å²) in [5.41, 5.74) is 2.62. The van der Waals surface area contributed by atoms with Crippen LogP contribution >= 0.6 is 23.2 Å². The molecule has 1 aromatic heterocycles. The number of pyridine rings is 1. The molecule has 4 heterocycles. The molecule has 1 saturated carbocycles. The van der Waals surface area contributed by atoms with Crippen LogP contribution in [0.15, 0.2) is 103 Å². The maximum atomic E-state index is 15.3. The number of alkyl halides is 3. The van der Waals surface area contributed by atoms with E-state index < -0.39 is 63.6 Å². The minimum Gasteiger partial charge on any atom is -0.508 e. The summed E-state index contributed by atoms with van der Waals surface area (Å²) in [6.45, 7) is 2.19. The third kappa shape index (κ3) is 6.49. The molecule has 9 rings (SSSR count). The Kier molecular flexibility index (Phi) is 9.83. The Bertz CT molecular complexity index is 2390. The third-order valence-corrected chi connectivity index (χ3v) is 13.5. The van der Waals surface area contributed by atoms with Crippen LogP contribution in [0.1, 0.15) is 53.9 Å². The second kappa shape index (κ2) is 14.8. The lowest BCUT2D eigenvalue weighted by molar-refractivity contribution is -0.144. The molecule has 3 aromatic carbocycles. The minimum absolute atomic E-state index is 0.00421. The molecule has 15 heteroatoms. The number of piperidine rings is 1. The lowest BCUT2D eigenvalue weighted by Crippen LogP contribution is -2.53. The standard InChI is InChI=1S/C44H38Cl2F3N5O5/c45-28-11-9-26(10-12-28)43-34(40(57)54(42(43)59)51-38-35(46)20-27(22-50-38)44(47,48)49)21-33-31(37(43)25-7-4-8-30(55)19-25)13-14-32-36(33)41(58)53(39(32)56)29-15-17-52(18-16-29)23-24-5-2-1-3-6-24/h1-13,19-20,22,29,32-34,36-37,55H,14-18,21,23H2,(H,50,51). The number of allylic oxidation sites excluding steroid dienone is 2. The second-order valence-corrected chi connectivity index (χ2v) is 16.9. The zero-order valence-corrected chi connectivity index (χ0v) is 32.9. The topological polar surface area (TPSA) is 123 Å². The molecule has 59 heavy (non-hydrogen) atoms. The van der Waals surface area contributed by atoms with Crippen LogP contribution in [0.25, 0.3) is 0 Å². The number of fused-ring (bicyclic) bond motifs is 4. The van der Waals surface area contributed by atoms with E-state index >= 15 is 4.79 Å². The summed E-state index contributed by atoms with van der Waals surface area (Å²) in [6, 6.07) is 23.4. The summed E-state index contributed by atoms with van der Waals surface area (Å²) >= 11 is 12.6. The largest absolute Gasteiger partial charge is 0.508 e. The van der Waals surface area contributed by atoms with Gasteiger partial charge in [0.1, 0.15) is 5.75 Å². The quantitative estimate of drug-likeness (QED) is 0.143. The molecule has 10 nitrogen and oxygen atoms in total. The maximum Gasteiger partial charge on any atom is 0.417 e. The van der Waals surface area contributed by atoms with Crippen molar-refractivity contribution < 1.29 is 37.5 Å². The molecule has 3 aliphatic heterocycles. The highest BCUT2D eigenvalue weighted by atomic mass is 35.5. The number of hydrogen-bond donors (Lipinski definition) is 2. The molecule has 3 saturated heterocycles.